The zero-order chi connectivity index (χ0) is 17.6. The molecule has 3 rings (SSSR count). The van der Waals surface area contributed by atoms with E-state index < -0.39 is 0 Å². The monoisotopic (exact) mass is 343 g/mol. The van der Waals surface area contributed by atoms with Gasteiger partial charge in [-0.05, 0) is 32.4 Å². The molecule has 6 nitrogen and oxygen atoms in total. The van der Waals surface area contributed by atoms with E-state index in [0.29, 0.717) is 6.04 Å². The zero-order valence-corrected chi connectivity index (χ0v) is 15.3. The van der Waals surface area contributed by atoms with Crippen LogP contribution in [0.3, 0.4) is 0 Å². The maximum absolute atomic E-state index is 9.49. The van der Waals surface area contributed by atoms with E-state index in [9.17, 15) is 5.11 Å². The van der Waals surface area contributed by atoms with Crippen LogP contribution in [-0.4, -0.2) is 61.7 Å². The van der Waals surface area contributed by atoms with Gasteiger partial charge in [-0.3, -0.25) is 14.8 Å². The third-order valence-corrected chi connectivity index (χ3v) is 4.97. The number of aliphatic hydroxyl groups is 1. The van der Waals surface area contributed by atoms with Gasteiger partial charge in [0.05, 0.1) is 12.2 Å². The normalized spacial score (nSPS) is 19.4. The van der Waals surface area contributed by atoms with E-state index in [4.69, 9.17) is 0 Å². The molecule has 1 unspecified atom stereocenters. The van der Waals surface area contributed by atoms with Crippen molar-refractivity contribution in [2.45, 2.75) is 45.9 Å². The Hall–Kier alpha value is -1.76. The number of aliphatic hydroxyl groups excluding tert-OH is 1. The quantitative estimate of drug-likeness (QED) is 0.829. The number of aryl methyl sites for hydroxylation is 2. The summed E-state index contributed by atoms with van der Waals surface area (Å²) >= 11 is 0. The molecule has 1 fully saturated rings. The predicted octanol–water partition coefficient (Wildman–Crippen LogP) is 1.68. The molecule has 2 aromatic heterocycles. The lowest BCUT2D eigenvalue weighted by molar-refractivity contribution is 0.0474. The highest BCUT2D eigenvalue weighted by Gasteiger charge is 2.27. The molecule has 136 valence electrons. The lowest BCUT2D eigenvalue weighted by Crippen LogP contribution is -2.52. The molecule has 0 bridgehead atoms. The van der Waals surface area contributed by atoms with Gasteiger partial charge in [-0.1, -0.05) is 6.07 Å². The van der Waals surface area contributed by atoms with Crippen molar-refractivity contribution in [1.82, 2.24) is 24.3 Å². The van der Waals surface area contributed by atoms with Crippen LogP contribution in [0.25, 0.3) is 0 Å². The lowest BCUT2D eigenvalue weighted by Gasteiger charge is -2.41. The van der Waals surface area contributed by atoms with E-state index in [2.05, 4.69) is 43.4 Å². The number of pyridine rings is 1. The van der Waals surface area contributed by atoms with E-state index in [0.717, 1.165) is 62.9 Å². The molecule has 6 heteroatoms. The third-order valence-electron chi connectivity index (χ3n) is 4.97. The van der Waals surface area contributed by atoms with Crippen LogP contribution in [-0.2, 0) is 19.6 Å². The first-order valence-corrected chi connectivity index (χ1v) is 9.19. The molecule has 1 N–H and O–H groups in total. The molecule has 2 aromatic rings. The van der Waals surface area contributed by atoms with Gasteiger partial charge in [-0.2, -0.15) is 0 Å². The summed E-state index contributed by atoms with van der Waals surface area (Å²) in [6.07, 6.45) is 4.72. The Morgan fingerprint density at radius 3 is 2.88 bits per heavy atom. The van der Waals surface area contributed by atoms with Crippen molar-refractivity contribution in [3.8, 4) is 0 Å². The van der Waals surface area contributed by atoms with Crippen molar-refractivity contribution in [1.29, 1.82) is 0 Å². The fourth-order valence-electron chi connectivity index (χ4n) is 3.61. The van der Waals surface area contributed by atoms with Crippen LogP contribution < -0.4 is 0 Å². The van der Waals surface area contributed by atoms with Gasteiger partial charge >= 0.3 is 0 Å². The van der Waals surface area contributed by atoms with E-state index in [1.807, 2.05) is 25.4 Å². The van der Waals surface area contributed by atoms with Crippen LogP contribution in [0.4, 0.5) is 0 Å². The summed E-state index contributed by atoms with van der Waals surface area (Å²) in [7, 11) is 0. The number of nitrogens with zero attached hydrogens (tertiary/aromatic N) is 5. The van der Waals surface area contributed by atoms with Crippen LogP contribution in [0.5, 0.6) is 0 Å². The summed E-state index contributed by atoms with van der Waals surface area (Å²) in [5.41, 5.74) is 2.17. The first-order chi connectivity index (χ1) is 12.2. The van der Waals surface area contributed by atoms with Crippen molar-refractivity contribution in [2.24, 2.45) is 0 Å². The Bertz CT molecular complexity index is 671. The van der Waals surface area contributed by atoms with E-state index in [1.165, 1.54) is 0 Å². The van der Waals surface area contributed by atoms with Gasteiger partial charge in [0.2, 0.25) is 0 Å². The van der Waals surface area contributed by atoms with Crippen LogP contribution in [0.1, 0.15) is 30.6 Å². The van der Waals surface area contributed by atoms with Gasteiger partial charge in [0.25, 0.3) is 0 Å². The van der Waals surface area contributed by atoms with Gasteiger partial charge in [-0.15, -0.1) is 0 Å². The minimum Gasteiger partial charge on any atom is -0.396 e. The Labute approximate surface area is 150 Å². The number of hydrogen-bond acceptors (Lipinski definition) is 5. The Balaban J connectivity index is 1.63. The van der Waals surface area contributed by atoms with E-state index in [-0.39, 0.29) is 6.61 Å². The van der Waals surface area contributed by atoms with Gasteiger partial charge < -0.3 is 9.67 Å². The first-order valence-electron chi connectivity index (χ1n) is 9.19. The van der Waals surface area contributed by atoms with Gasteiger partial charge in [-0.25, -0.2) is 4.98 Å². The molecule has 0 saturated carbocycles. The number of rotatable bonds is 7. The molecule has 0 radical (unpaired) electrons. The predicted molar refractivity (Wildman–Crippen MR) is 98.1 cm³/mol. The molecule has 0 spiro atoms. The van der Waals surface area contributed by atoms with Crippen molar-refractivity contribution in [2.75, 3.05) is 26.2 Å². The molecule has 25 heavy (non-hydrogen) atoms. The van der Waals surface area contributed by atoms with Gasteiger partial charge in [0.1, 0.15) is 5.82 Å². The summed E-state index contributed by atoms with van der Waals surface area (Å²) in [6, 6.07) is 6.54. The largest absolute Gasteiger partial charge is 0.396 e. The maximum atomic E-state index is 9.49. The topological polar surface area (TPSA) is 57.4 Å². The molecule has 0 amide bonds. The van der Waals surface area contributed by atoms with Crippen molar-refractivity contribution in [3.05, 3.63) is 47.8 Å². The van der Waals surface area contributed by atoms with Crippen molar-refractivity contribution < 1.29 is 5.11 Å². The summed E-state index contributed by atoms with van der Waals surface area (Å²) < 4.78 is 2.20. The molecule has 0 aliphatic carbocycles. The van der Waals surface area contributed by atoms with Crippen LogP contribution >= 0.6 is 0 Å². The molecule has 3 heterocycles. The van der Waals surface area contributed by atoms with E-state index >= 15 is 0 Å². The fourth-order valence-corrected chi connectivity index (χ4v) is 3.61. The molecule has 1 aliphatic rings. The highest BCUT2D eigenvalue weighted by atomic mass is 16.3. The average Bonchev–Trinajstić information content (AvgIpc) is 3.05. The lowest BCUT2D eigenvalue weighted by atomic mass is 10.1. The standard InChI is InChI=1S/C19H29N5O/c1-3-23-9-8-20-19(23)15-22-10-11-24(18(14-22)7-12-25)13-17-6-4-5-16(2)21-17/h4-6,8-9,18,25H,3,7,10-15H2,1-2H3. The summed E-state index contributed by atoms with van der Waals surface area (Å²) in [6.45, 7) is 10.0. The minimum absolute atomic E-state index is 0.222. The second-order valence-electron chi connectivity index (χ2n) is 6.77. The number of piperazine rings is 1. The molecule has 1 aliphatic heterocycles. The second kappa shape index (κ2) is 8.56. The number of hydrogen-bond donors (Lipinski definition) is 1. The zero-order valence-electron chi connectivity index (χ0n) is 15.3. The Morgan fingerprint density at radius 1 is 1.24 bits per heavy atom. The van der Waals surface area contributed by atoms with Gasteiger partial charge in [0, 0.05) is 63.5 Å². The molecular weight excluding hydrogens is 314 g/mol. The van der Waals surface area contributed by atoms with Crippen LogP contribution in [0.2, 0.25) is 0 Å². The van der Waals surface area contributed by atoms with Crippen LogP contribution in [0, 0.1) is 6.92 Å². The number of imidazole rings is 1. The average molecular weight is 343 g/mol. The Kier molecular flexibility index (Phi) is 6.18. The molecule has 0 aromatic carbocycles. The fraction of sp³-hybridized carbons (Fsp3) is 0.579. The first kappa shape index (κ1) is 18.0. The summed E-state index contributed by atoms with van der Waals surface area (Å²) in [5.74, 6) is 1.12. The third kappa shape index (κ3) is 4.66. The SMILES string of the molecule is CCn1ccnc1CN1CCN(Cc2cccc(C)n2)C(CCO)C1. The summed E-state index contributed by atoms with van der Waals surface area (Å²) in [4.78, 5) is 14.0. The molecular formula is C19H29N5O. The van der Waals surface area contributed by atoms with Crippen molar-refractivity contribution in [3.63, 3.8) is 0 Å². The van der Waals surface area contributed by atoms with Crippen molar-refractivity contribution >= 4 is 0 Å². The minimum atomic E-state index is 0.222. The Morgan fingerprint density at radius 2 is 2.12 bits per heavy atom. The summed E-state index contributed by atoms with van der Waals surface area (Å²) in [5, 5.41) is 9.49. The highest BCUT2D eigenvalue weighted by Crippen LogP contribution is 2.17. The van der Waals surface area contributed by atoms with Gasteiger partial charge in [0.15, 0.2) is 0 Å². The van der Waals surface area contributed by atoms with Crippen LogP contribution in [0.15, 0.2) is 30.6 Å². The molecule has 1 saturated heterocycles. The van der Waals surface area contributed by atoms with E-state index in [1.54, 1.807) is 0 Å². The smallest absolute Gasteiger partial charge is 0.122 e. The highest BCUT2D eigenvalue weighted by molar-refractivity contribution is 5.10. The second-order valence-corrected chi connectivity index (χ2v) is 6.77. The molecule has 1 atom stereocenters. The number of aromatic nitrogens is 3. The maximum Gasteiger partial charge on any atom is 0.122 e.